The second kappa shape index (κ2) is 8.66. The van der Waals surface area contributed by atoms with Crippen molar-refractivity contribution >= 4 is 11.8 Å². The summed E-state index contributed by atoms with van der Waals surface area (Å²) in [6.45, 7) is 3.54. The van der Waals surface area contributed by atoms with E-state index in [1.54, 1.807) is 14.0 Å². The topological polar surface area (TPSA) is 73.2 Å². The van der Waals surface area contributed by atoms with Crippen molar-refractivity contribution in [2.45, 2.75) is 70.9 Å². The predicted octanol–water partition coefficient (Wildman–Crippen LogP) is 2.22. The van der Waals surface area contributed by atoms with Crippen LogP contribution in [-0.4, -0.2) is 35.8 Å². The molecule has 0 aromatic rings. The van der Waals surface area contributed by atoms with Crippen LogP contribution in [0.25, 0.3) is 0 Å². The maximum Gasteiger partial charge on any atom is 0.244 e. The van der Waals surface area contributed by atoms with Crippen molar-refractivity contribution in [1.29, 1.82) is 5.26 Å². The van der Waals surface area contributed by atoms with Gasteiger partial charge in [-0.15, -0.1) is 0 Å². The molecule has 0 heterocycles. The summed E-state index contributed by atoms with van der Waals surface area (Å²) in [5.41, 5.74) is 0. The van der Waals surface area contributed by atoms with Crippen LogP contribution in [0.1, 0.15) is 58.8 Å². The first-order valence-electron chi connectivity index (χ1n) is 7.88. The van der Waals surface area contributed by atoms with Crippen molar-refractivity contribution in [2.24, 2.45) is 5.92 Å². The monoisotopic (exact) mass is 293 g/mol. The van der Waals surface area contributed by atoms with Gasteiger partial charge in [-0.25, -0.2) is 0 Å². The summed E-state index contributed by atoms with van der Waals surface area (Å²) in [5.74, 6) is 0.287. The van der Waals surface area contributed by atoms with Gasteiger partial charge in [0.1, 0.15) is 6.04 Å². The molecule has 1 saturated carbocycles. The van der Waals surface area contributed by atoms with Gasteiger partial charge in [0.2, 0.25) is 11.8 Å². The summed E-state index contributed by atoms with van der Waals surface area (Å²) in [6, 6.07) is 1.38. The van der Waals surface area contributed by atoms with E-state index >= 15 is 0 Å². The lowest BCUT2D eigenvalue weighted by molar-refractivity contribution is -0.136. The molecule has 2 atom stereocenters. The molecule has 1 rings (SSSR count). The average molecular weight is 293 g/mol. The third-order valence-corrected chi connectivity index (χ3v) is 4.34. The van der Waals surface area contributed by atoms with Gasteiger partial charge in [-0.2, -0.15) is 5.26 Å². The van der Waals surface area contributed by atoms with Crippen LogP contribution in [0.3, 0.4) is 0 Å². The van der Waals surface area contributed by atoms with E-state index in [2.05, 4.69) is 11.4 Å². The van der Waals surface area contributed by atoms with Crippen LogP contribution >= 0.6 is 0 Å². The fraction of sp³-hybridized carbons (Fsp3) is 0.812. The Morgan fingerprint density at radius 1 is 1.29 bits per heavy atom. The van der Waals surface area contributed by atoms with Crippen molar-refractivity contribution in [3.63, 3.8) is 0 Å². The molecule has 1 fully saturated rings. The summed E-state index contributed by atoms with van der Waals surface area (Å²) >= 11 is 0. The Bertz CT molecular complexity index is 397. The van der Waals surface area contributed by atoms with E-state index in [0.29, 0.717) is 18.8 Å². The number of likely N-dealkylation sites (N-methyl/N-ethyl adjacent to an activating group) is 1. The molecule has 21 heavy (non-hydrogen) atoms. The molecule has 0 saturated heterocycles. The smallest absolute Gasteiger partial charge is 0.244 e. The molecule has 1 aliphatic rings. The number of rotatable bonds is 6. The Hall–Kier alpha value is -1.57. The van der Waals surface area contributed by atoms with Gasteiger partial charge in [-0.3, -0.25) is 9.59 Å². The Kier molecular flexibility index (Phi) is 7.21. The van der Waals surface area contributed by atoms with Crippen LogP contribution in [0.15, 0.2) is 0 Å². The molecule has 0 aliphatic heterocycles. The molecular formula is C16H27N3O2. The first-order valence-corrected chi connectivity index (χ1v) is 7.88. The standard InChI is InChI=1S/C16H27N3O2/c1-12(9-10-17)19(3)16(21)13(2)18-15(20)11-14-7-5-4-6-8-14/h12-14H,4-9,11H2,1-3H3,(H,18,20)/t12-,13-/m1/s1. The summed E-state index contributed by atoms with van der Waals surface area (Å²) in [6.07, 6.45) is 6.75. The second-order valence-electron chi connectivity index (χ2n) is 6.16. The zero-order valence-electron chi connectivity index (χ0n) is 13.4. The third kappa shape index (κ3) is 5.74. The van der Waals surface area contributed by atoms with E-state index in [9.17, 15) is 9.59 Å². The minimum Gasteiger partial charge on any atom is -0.345 e. The van der Waals surface area contributed by atoms with Crippen molar-refractivity contribution in [3.05, 3.63) is 0 Å². The van der Waals surface area contributed by atoms with Crippen LogP contribution in [-0.2, 0) is 9.59 Å². The second-order valence-corrected chi connectivity index (χ2v) is 6.16. The lowest BCUT2D eigenvalue weighted by Gasteiger charge is -2.27. The number of carbonyl (C=O) groups is 2. The molecule has 2 amide bonds. The molecule has 0 radical (unpaired) electrons. The SMILES string of the molecule is C[C@H](CC#N)N(C)C(=O)[C@@H](C)NC(=O)CC1CCCCC1. The van der Waals surface area contributed by atoms with Gasteiger partial charge in [0.05, 0.1) is 12.5 Å². The highest BCUT2D eigenvalue weighted by atomic mass is 16.2. The van der Waals surface area contributed by atoms with Crippen molar-refractivity contribution in [2.75, 3.05) is 7.05 Å². The molecule has 0 aromatic heterocycles. The summed E-state index contributed by atoms with van der Waals surface area (Å²) < 4.78 is 0. The number of nitriles is 1. The van der Waals surface area contributed by atoms with Gasteiger partial charge in [0, 0.05) is 19.5 Å². The van der Waals surface area contributed by atoms with E-state index in [0.717, 1.165) is 12.8 Å². The Balaban J connectivity index is 2.40. The summed E-state index contributed by atoms with van der Waals surface area (Å²) in [4.78, 5) is 25.7. The highest BCUT2D eigenvalue weighted by Crippen LogP contribution is 2.26. The number of amides is 2. The molecule has 0 bridgehead atoms. The minimum atomic E-state index is -0.535. The quantitative estimate of drug-likeness (QED) is 0.816. The lowest BCUT2D eigenvalue weighted by Crippen LogP contribution is -2.48. The molecular weight excluding hydrogens is 266 g/mol. The van der Waals surface area contributed by atoms with Crippen molar-refractivity contribution < 1.29 is 9.59 Å². The van der Waals surface area contributed by atoms with Crippen molar-refractivity contribution in [3.8, 4) is 6.07 Å². The highest BCUT2D eigenvalue weighted by Gasteiger charge is 2.24. The van der Waals surface area contributed by atoms with E-state index in [1.165, 1.54) is 24.2 Å². The third-order valence-electron chi connectivity index (χ3n) is 4.34. The Labute approximate surface area is 127 Å². The fourth-order valence-electron chi connectivity index (χ4n) is 2.81. The van der Waals surface area contributed by atoms with Crippen molar-refractivity contribution in [1.82, 2.24) is 10.2 Å². The van der Waals surface area contributed by atoms with Crippen LogP contribution in [0.2, 0.25) is 0 Å². The first kappa shape index (κ1) is 17.5. The normalized spacial score (nSPS) is 18.4. The zero-order chi connectivity index (χ0) is 15.8. The molecule has 5 nitrogen and oxygen atoms in total. The summed E-state index contributed by atoms with van der Waals surface area (Å²) in [5, 5.41) is 11.5. The first-order chi connectivity index (χ1) is 9.95. The largest absolute Gasteiger partial charge is 0.345 e. The molecule has 0 unspecified atom stereocenters. The molecule has 118 valence electrons. The Morgan fingerprint density at radius 3 is 2.48 bits per heavy atom. The minimum absolute atomic E-state index is 0.0379. The Morgan fingerprint density at radius 2 is 1.90 bits per heavy atom. The molecule has 1 aliphatic carbocycles. The van der Waals surface area contributed by atoms with E-state index in [1.807, 2.05) is 6.92 Å². The molecule has 0 spiro atoms. The van der Waals surface area contributed by atoms with Crippen LogP contribution in [0, 0.1) is 17.2 Å². The van der Waals surface area contributed by atoms with Gasteiger partial charge >= 0.3 is 0 Å². The van der Waals surface area contributed by atoms with Crippen LogP contribution in [0.4, 0.5) is 0 Å². The number of nitrogens with one attached hydrogen (secondary N) is 1. The van der Waals surface area contributed by atoms with E-state index < -0.39 is 6.04 Å². The maximum absolute atomic E-state index is 12.2. The average Bonchev–Trinajstić information content (AvgIpc) is 2.46. The van der Waals surface area contributed by atoms with Crippen LogP contribution in [0.5, 0.6) is 0 Å². The van der Waals surface area contributed by atoms with Gasteiger partial charge < -0.3 is 10.2 Å². The molecule has 1 N–H and O–H groups in total. The highest BCUT2D eigenvalue weighted by molar-refractivity contribution is 5.87. The molecule has 0 aromatic carbocycles. The fourth-order valence-corrected chi connectivity index (χ4v) is 2.81. The van der Waals surface area contributed by atoms with E-state index in [-0.39, 0.29) is 17.9 Å². The van der Waals surface area contributed by atoms with Crippen LogP contribution < -0.4 is 5.32 Å². The zero-order valence-corrected chi connectivity index (χ0v) is 13.4. The van der Waals surface area contributed by atoms with Gasteiger partial charge in [-0.1, -0.05) is 19.3 Å². The van der Waals surface area contributed by atoms with Gasteiger partial charge in [-0.05, 0) is 32.6 Å². The number of hydrogen-bond donors (Lipinski definition) is 1. The van der Waals surface area contributed by atoms with E-state index in [4.69, 9.17) is 5.26 Å². The molecule has 5 heteroatoms. The van der Waals surface area contributed by atoms with Gasteiger partial charge in [0.25, 0.3) is 0 Å². The predicted molar refractivity (Wildman–Crippen MR) is 81.3 cm³/mol. The lowest BCUT2D eigenvalue weighted by atomic mass is 9.87. The number of nitrogens with zero attached hydrogens (tertiary/aromatic N) is 2. The maximum atomic E-state index is 12.2. The summed E-state index contributed by atoms with van der Waals surface area (Å²) in [7, 11) is 1.67. The number of carbonyl (C=O) groups excluding carboxylic acids is 2. The number of hydrogen-bond acceptors (Lipinski definition) is 3. The van der Waals surface area contributed by atoms with Gasteiger partial charge in [0.15, 0.2) is 0 Å².